The number of carbonyl (C=O) groups is 2. The van der Waals surface area contributed by atoms with Crippen LogP contribution >= 0.6 is 0 Å². The van der Waals surface area contributed by atoms with E-state index in [0.717, 1.165) is 51.4 Å². The fraction of sp³-hybridized carbons (Fsp3) is 0.882. The number of carbonyl (C=O) groups excluding carboxylic acids is 2. The van der Waals surface area contributed by atoms with Gasteiger partial charge in [-0.25, -0.2) is 0 Å². The van der Waals surface area contributed by atoms with Crippen LogP contribution in [0.15, 0.2) is 24.3 Å². The maximum atomic E-state index is 12.2. The topological polar surface area (TPSA) is 72.8 Å². The molecule has 0 rings (SSSR count). The number of hydrogen-bond acceptors (Lipinski definition) is 5. The van der Waals surface area contributed by atoms with Crippen LogP contribution in [0.2, 0.25) is 0 Å². The Balaban J connectivity index is 3.44. The zero-order chi connectivity index (χ0) is 40.7. The molecule has 0 bridgehead atoms. The second-order valence-electron chi connectivity index (χ2n) is 16.9. The van der Waals surface area contributed by atoms with E-state index >= 15 is 0 Å². The molecule has 56 heavy (non-hydrogen) atoms. The molecule has 0 fully saturated rings. The third-order valence-corrected chi connectivity index (χ3v) is 11.2. The molecule has 0 aliphatic carbocycles. The molecule has 0 aromatic heterocycles. The number of esters is 2. The van der Waals surface area contributed by atoms with E-state index in [2.05, 4.69) is 38.2 Å². The zero-order valence-corrected chi connectivity index (χ0v) is 37.7. The largest absolute Gasteiger partial charge is 0.462 e. The number of aliphatic hydroxyl groups is 1. The van der Waals surface area contributed by atoms with Gasteiger partial charge in [0.15, 0.2) is 6.10 Å². The van der Waals surface area contributed by atoms with Gasteiger partial charge in [-0.05, 0) is 44.9 Å². The molecule has 330 valence electrons. The molecule has 0 spiro atoms. The number of aliphatic hydroxyl groups excluding tert-OH is 1. The van der Waals surface area contributed by atoms with E-state index in [0.29, 0.717) is 12.8 Å². The van der Waals surface area contributed by atoms with Gasteiger partial charge in [0, 0.05) is 12.8 Å². The quantitative estimate of drug-likeness (QED) is 0.0378. The molecule has 0 radical (unpaired) electrons. The van der Waals surface area contributed by atoms with Gasteiger partial charge in [-0.15, -0.1) is 0 Å². The SMILES string of the molecule is CCCCCC/C=C\C/C=C\CCCCCCCC(=O)OC(CO)COC(=O)CCCCCCCCCCCCCCCCCCCCCCCCCCCC. The minimum absolute atomic E-state index is 0.0667. The van der Waals surface area contributed by atoms with Crippen LogP contribution in [-0.2, 0) is 19.1 Å². The van der Waals surface area contributed by atoms with Crippen LogP contribution in [0.1, 0.15) is 271 Å². The summed E-state index contributed by atoms with van der Waals surface area (Å²) in [5, 5.41) is 9.60. The summed E-state index contributed by atoms with van der Waals surface area (Å²) in [6.45, 7) is 4.15. The lowest BCUT2D eigenvalue weighted by Crippen LogP contribution is -2.28. The molecule has 0 aromatic carbocycles. The zero-order valence-electron chi connectivity index (χ0n) is 37.7. The second-order valence-corrected chi connectivity index (χ2v) is 16.9. The van der Waals surface area contributed by atoms with Crippen molar-refractivity contribution in [2.75, 3.05) is 13.2 Å². The second kappa shape index (κ2) is 47.8. The number of unbranched alkanes of at least 4 members (excludes halogenated alkanes) is 34. The van der Waals surface area contributed by atoms with Crippen LogP contribution < -0.4 is 0 Å². The number of hydrogen-bond donors (Lipinski definition) is 1. The Hall–Kier alpha value is -1.62. The molecule has 1 unspecified atom stereocenters. The highest BCUT2D eigenvalue weighted by molar-refractivity contribution is 5.70. The molecule has 5 nitrogen and oxygen atoms in total. The predicted molar refractivity (Wildman–Crippen MR) is 242 cm³/mol. The van der Waals surface area contributed by atoms with Gasteiger partial charge in [-0.3, -0.25) is 9.59 Å². The fourth-order valence-electron chi connectivity index (χ4n) is 7.47. The lowest BCUT2D eigenvalue weighted by atomic mass is 10.0. The standard InChI is InChI=1S/C51H96O5/c1-3-5-7-9-11-13-15-17-19-21-22-23-24-25-26-27-28-29-30-32-33-35-37-39-41-43-45-50(53)55-48-49(47-52)56-51(54)46-44-42-40-38-36-34-31-20-18-16-14-12-10-8-6-4-2/h14,16,20,31,49,52H,3-13,15,17-19,21-30,32-48H2,1-2H3/b16-14-,31-20-. The summed E-state index contributed by atoms with van der Waals surface area (Å²) in [5.41, 5.74) is 0. The van der Waals surface area contributed by atoms with Crippen LogP contribution in [-0.4, -0.2) is 36.4 Å². The average molecular weight is 789 g/mol. The van der Waals surface area contributed by atoms with E-state index in [4.69, 9.17) is 9.47 Å². The Morgan fingerprint density at radius 2 is 0.714 bits per heavy atom. The van der Waals surface area contributed by atoms with Gasteiger partial charge in [0.05, 0.1) is 6.61 Å². The molecule has 0 aliphatic rings. The van der Waals surface area contributed by atoms with Gasteiger partial charge in [0.25, 0.3) is 0 Å². The third-order valence-electron chi connectivity index (χ3n) is 11.2. The smallest absolute Gasteiger partial charge is 0.306 e. The molecular weight excluding hydrogens is 693 g/mol. The van der Waals surface area contributed by atoms with Crippen molar-refractivity contribution in [2.45, 2.75) is 277 Å². The minimum Gasteiger partial charge on any atom is -0.462 e. The summed E-state index contributed by atoms with van der Waals surface area (Å²) in [6.07, 6.45) is 58.5. The molecule has 1 atom stereocenters. The Morgan fingerprint density at radius 3 is 1.07 bits per heavy atom. The molecule has 0 saturated carbocycles. The van der Waals surface area contributed by atoms with Crippen LogP contribution in [0, 0.1) is 0 Å². The van der Waals surface area contributed by atoms with Gasteiger partial charge >= 0.3 is 11.9 Å². The normalized spacial score (nSPS) is 12.3. The first-order valence-electron chi connectivity index (χ1n) is 24.9. The highest BCUT2D eigenvalue weighted by Crippen LogP contribution is 2.17. The highest BCUT2D eigenvalue weighted by Gasteiger charge is 2.16. The van der Waals surface area contributed by atoms with Crippen molar-refractivity contribution in [2.24, 2.45) is 0 Å². The van der Waals surface area contributed by atoms with E-state index in [1.807, 2.05) is 0 Å². The van der Waals surface area contributed by atoms with Crippen molar-refractivity contribution in [3.05, 3.63) is 24.3 Å². The van der Waals surface area contributed by atoms with E-state index in [9.17, 15) is 14.7 Å². The van der Waals surface area contributed by atoms with E-state index in [1.165, 1.54) is 193 Å². The van der Waals surface area contributed by atoms with Gasteiger partial charge < -0.3 is 14.6 Å². The Bertz CT molecular complexity index is 851. The summed E-state index contributed by atoms with van der Waals surface area (Å²) in [7, 11) is 0. The molecule has 1 N–H and O–H groups in total. The van der Waals surface area contributed by atoms with E-state index in [-0.39, 0.29) is 25.2 Å². The summed E-state index contributed by atoms with van der Waals surface area (Å²) >= 11 is 0. The first-order valence-corrected chi connectivity index (χ1v) is 24.9. The summed E-state index contributed by atoms with van der Waals surface area (Å²) in [4.78, 5) is 24.4. The van der Waals surface area contributed by atoms with Crippen LogP contribution in [0.4, 0.5) is 0 Å². The first kappa shape index (κ1) is 54.4. The molecule has 0 saturated heterocycles. The van der Waals surface area contributed by atoms with Gasteiger partial charge in [0.2, 0.25) is 0 Å². The van der Waals surface area contributed by atoms with Gasteiger partial charge in [-0.2, -0.15) is 0 Å². The summed E-state index contributed by atoms with van der Waals surface area (Å²) in [6, 6.07) is 0. The van der Waals surface area contributed by atoms with Crippen molar-refractivity contribution in [1.82, 2.24) is 0 Å². The monoisotopic (exact) mass is 789 g/mol. The minimum atomic E-state index is -0.775. The lowest BCUT2D eigenvalue weighted by Gasteiger charge is -2.15. The van der Waals surface area contributed by atoms with Crippen LogP contribution in [0.25, 0.3) is 0 Å². The van der Waals surface area contributed by atoms with Crippen LogP contribution in [0.3, 0.4) is 0 Å². The summed E-state index contributed by atoms with van der Waals surface area (Å²) in [5.74, 6) is -0.593. The predicted octanol–water partition coefficient (Wildman–Crippen LogP) is 16.2. The number of ether oxygens (including phenoxy) is 2. The highest BCUT2D eigenvalue weighted by atomic mass is 16.6. The van der Waals surface area contributed by atoms with Crippen molar-refractivity contribution in [1.29, 1.82) is 0 Å². The Morgan fingerprint density at radius 1 is 0.411 bits per heavy atom. The maximum Gasteiger partial charge on any atom is 0.306 e. The third kappa shape index (κ3) is 45.1. The molecule has 5 heteroatoms. The first-order chi connectivity index (χ1) is 27.6. The molecule has 0 heterocycles. The Kier molecular flexibility index (Phi) is 46.4. The lowest BCUT2D eigenvalue weighted by molar-refractivity contribution is -0.161. The molecule has 0 amide bonds. The fourth-order valence-corrected chi connectivity index (χ4v) is 7.47. The van der Waals surface area contributed by atoms with Gasteiger partial charge in [-0.1, -0.05) is 237 Å². The van der Waals surface area contributed by atoms with Crippen molar-refractivity contribution < 1.29 is 24.2 Å². The van der Waals surface area contributed by atoms with E-state index < -0.39 is 6.10 Å². The van der Waals surface area contributed by atoms with Crippen molar-refractivity contribution >= 4 is 11.9 Å². The number of rotatable bonds is 46. The van der Waals surface area contributed by atoms with Gasteiger partial charge in [0.1, 0.15) is 6.61 Å². The number of allylic oxidation sites excluding steroid dienone is 4. The van der Waals surface area contributed by atoms with Crippen molar-refractivity contribution in [3.8, 4) is 0 Å². The maximum absolute atomic E-state index is 12.2. The van der Waals surface area contributed by atoms with E-state index in [1.54, 1.807) is 0 Å². The molecular formula is C51H96O5. The Labute approximate surface area is 349 Å². The summed E-state index contributed by atoms with van der Waals surface area (Å²) < 4.78 is 10.7. The van der Waals surface area contributed by atoms with Crippen molar-refractivity contribution in [3.63, 3.8) is 0 Å². The van der Waals surface area contributed by atoms with Crippen LogP contribution in [0.5, 0.6) is 0 Å². The molecule has 0 aliphatic heterocycles. The average Bonchev–Trinajstić information content (AvgIpc) is 3.20. The molecule has 0 aromatic rings.